The molecular weight excluding hydrogens is 256 g/mol. The maximum absolute atomic E-state index is 13.4. The van der Waals surface area contributed by atoms with Crippen LogP contribution in [-0.2, 0) is 0 Å². The van der Waals surface area contributed by atoms with E-state index in [1.54, 1.807) is 0 Å². The number of halogens is 2. The number of nitrogens with one attached hydrogen (secondary N) is 1. The molecule has 1 atom stereocenters. The van der Waals surface area contributed by atoms with Crippen molar-refractivity contribution in [1.82, 2.24) is 5.32 Å². The summed E-state index contributed by atoms with van der Waals surface area (Å²) in [5, 5.41) is 12.1. The van der Waals surface area contributed by atoms with Crippen molar-refractivity contribution in [3.8, 4) is 0 Å². The standard InChI is InChI=1S/C13H11F2NO3/c14-9-2-1-3-10(15)12(9)11(17)6-16-13(18)8-4-5-19-7-8/h1-5,7,11,17H,6H2,(H,16,18)/t11-/m1/s1. The first-order valence-corrected chi connectivity index (χ1v) is 5.52. The molecule has 1 heterocycles. The number of rotatable bonds is 4. The predicted octanol–water partition coefficient (Wildman–Crippen LogP) is 2.02. The van der Waals surface area contributed by atoms with Crippen LogP contribution in [0.5, 0.6) is 0 Å². The van der Waals surface area contributed by atoms with Crippen LogP contribution in [0.25, 0.3) is 0 Å². The molecule has 0 saturated heterocycles. The summed E-state index contributed by atoms with van der Waals surface area (Å²) >= 11 is 0. The van der Waals surface area contributed by atoms with Gasteiger partial charge in [0.25, 0.3) is 5.91 Å². The van der Waals surface area contributed by atoms with Gasteiger partial charge in [0.05, 0.1) is 17.4 Å². The predicted molar refractivity (Wildman–Crippen MR) is 62.4 cm³/mol. The molecule has 19 heavy (non-hydrogen) atoms. The van der Waals surface area contributed by atoms with Crippen molar-refractivity contribution in [3.63, 3.8) is 0 Å². The van der Waals surface area contributed by atoms with Crippen LogP contribution in [0.2, 0.25) is 0 Å². The summed E-state index contributed by atoms with van der Waals surface area (Å²) in [6.45, 7) is -0.304. The quantitative estimate of drug-likeness (QED) is 0.890. The van der Waals surface area contributed by atoms with E-state index in [-0.39, 0.29) is 12.1 Å². The van der Waals surface area contributed by atoms with Crippen molar-refractivity contribution < 1.29 is 23.1 Å². The summed E-state index contributed by atoms with van der Waals surface area (Å²) in [4.78, 5) is 11.5. The molecule has 1 aromatic carbocycles. The first-order chi connectivity index (χ1) is 9.09. The van der Waals surface area contributed by atoms with Gasteiger partial charge in [-0.1, -0.05) is 6.07 Å². The molecule has 0 bridgehead atoms. The number of carbonyl (C=O) groups excluding carboxylic acids is 1. The molecule has 0 radical (unpaired) electrons. The van der Waals surface area contributed by atoms with Crippen molar-refractivity contribution >= 4 is 5.91 Å². The Kier molecular flexibility index (Phi) is 3.91. The lowest BCUT2D eigenvalue weighted by Gasteiger charge is -2.13. The largest absolute Gasteiger partial charge is 0.472 e. The van der Waals surface area contributed by atoms with E-state index in [2.05, 4.69) is 5.32 Å². The number of aliphatic hydroxyl groups is 1. The second-order valence-corrected chi connectivity index (χ2v) is 3.87. The Balaban J connectivity index is 2.02. The van der Waals surface area contributed by atoms with E-state index in [0.717, 1.165) is 12.1 Å². The van der Waals surface area contributed by atoms with Gasteiger partial charge in [0, 0.05) is 6.54 Å². The SMILES string of the molecule is O=C(NC[C@@H](O)c1c(F)cccc1F)c1ccoc1. The van der Waals surface area contributed by atoms with E-state index in [1.807, 2.05) is 0 Å². The second-order valence-electron chi connectivity index (χ2n) is 3.87. The average molecular weight is 267 g/mol. The lowest BCUT2D eigenvalue weighted by Crippen LogP contribution is -2.28. The average Bonchev–Trinajstić information content (AvgIpc) is 2.89. The van der Waals surface area contributed by atoms with E-state index in [1.165, 1.54) is 24.7 Å². The first kappa shape index (κ1) is 13.2. The van der Waals surface area contributed by atoms with Gasteiger partial charge in [-0.25, -0.2) is 8.78 Å². The Hall–Kier alpha value is -2.21. The van der Waals surface area contributed by atoms with Crippen LogP contribution in [0.15, 0.2) is 41.2 Å². The minimum Gasteiger partial charge on any atom is -0.472 e. The third-order valence-electron chi connectivity index (χ3n) is 2.57. The lowest BCUT2D eigenvalue weighted by molar-refractivity contribution is 0.0911. The summed E-state index contributed by atoms with van der Waals surface area (Å²) in [6.07, 6.45) is 1.09. The number of furan rings is 1. The molecule has 2 aromatic rings. The number of benzene rings is 1. The monoisotopic (exact) mass is 267 g/mol. The van der Waals surface area contributed by atoms with Gasteiger partial charge in [0.2, 0.25) is 0 Å². The fraction of sp³-hybridized carbons (Fsp3) is 0.154. The highest BCUT2D eigenvalue weighted by Gasteiger charge is 2.18. The summed E-state index contributed by atoms with van der Waals surface area (Å²) in [5.74, 6) is -2.21. The third kappa shape index (κ3) is 2.97. The number of amides is 1. The number of carbonyl (C=O) groups is 1. The van der Waals surface area contributed by atoms with Gasteiger partial charge < -0.3 is 14.8 Å². The van der Waals surface area contributed by atoms with Crippen molar-refractivity contribution in [3.05, 3.63) is 59.6 Å². The Morgan fingerprint density at radius 2 is 2.00 bits per heavy atom. The minimum absolute atomic E-state index is 0.265. The van der Waals surface area contributed by atoms with Gasteiger partial charge in [-0.3, -0.25) is 4.79 Å². The van der Waals surface area contributed by atoms with Crippen molar-refractivity contribution in [2.45, 2.75) is 6.10 Å². The van der Waals surface area contributed by atoms with Gasteiger partial charge in [0.1, 0.15) is 24.0 Å². The maximum atomic E-state index is 13.4. The minimum atomic E-state index is -1.46. The molecule has 0 saturated carbocycles. The zero-order valence-corrected chi connectivity index (χ0v) is 9.77. The van der Waals surface area contributed by atoms with E-state index in [4.69, 9.17) is 4.42 Å². The zero-order chi connectivity index (χ0) is 13.8. The molecule has 0 unspecified atom stereocenters. The highest BCUT2D eigenvalue weighted by Crippen LogP contribution is 2.20. The Labute approximate surface area is 107 Å². The molecule has 1 amide bonds. The molecule has 1 aromatic heterocycles. The van der Waals surface area contributed by atoms with E-state index >= 15 is 0 Å². The molecule has 0 aliphatic carbocycles. The van der Waals surface area contributed by atoms with Crippen molar-refractivity contribution in [2.24, 2.45) is 0 Å². The van der Waals surface area contributed by atoms with Crippen molar-refractivity contribution in [1.29, 1.82) is 0 Å². The van der Waals surface area contributed by atoms with Gasteiger partial charge in [-0.2, -0.15) is 0 Å². The van der Waals surface area contributed by atoms with E-state index < -0.39 is 29.2 Å². The van der Waals surface area contributed by atoms with Crippen LogP contribution in [0.4, 0.5) is 8.78 Å². The van der Waals surface area contributed by atoms with Crippen LogP contribution >= 0.6 is 0 Å². The van der Waals surface area contributed by atoms with Crippen LogP contribution < -0.4 is 5.32 Å². The third-order valence-corrected chi connectivity index (χ3v) is 2.57. The molecule has 0 aliphatic rings. The van der Waals surface area contributed by atoms with Gasteiger partial charge in [-0.15, -0.1) is 0 Å². The zero-order valence-electron chi connectivity index (χ0n) is 9.77. The maximum Gasteiger partial charge on any atom is 0.254 e. The highest BCUT2D eigenvalue weighted by molar-refractivity contribution is 5.93. The number of hydrogen-bond donors (Lipinski definition) is 2. The van der Waals surface area contributed by atoms with Crippen LogP contribution in [-0.4, -0.2) is 17.6 Å². The fourth-order valence-corrected chi connectivity index (χ4v) is 1.62. The molecule has 6 heteroatoms. The molecular formula is C13H11F2NO3. The van der Waals surface area contributed by atoms with E-state index in [0.29, 0.717) is 0 Å². The molecule has 2 rings (SSSR count). The summed E-state index contributed by atoms with van der Waals surface area (Å²) in [6, 6.07) is 4.72. The summed E-state index contributed by atoms with van der Waals surface area (Å²) < 4.78 is 31.5. The number of aliphatic hydroxyl groups excluding tert-OH is 1. The Bertz CT molecular complexity index is 549. The van der Waals surface area contributed by atoms with Gasteiger partial charge in [0.15, 0.2) is 0 Å². The Morgan fingerprint density at radius 1 is 1.32 bits per heavy atom. The molecule has 0 aliphatic heterocycles. The van der Waals surface area contributed by atoms with Crippen LogP contribution in [0.1, 0.15) is 22.0 Å². The molecule has 100 valence electrons. The van der Waals surface area contributed by atoms with Crippen LogP contribution in [0, 0.1) is 11.6 Å². The normalized spacial score (nSPS) is 12.2. The Morgan fingerprint density at radius 3 is 2.58 bits per heavy atom. The topological polar surface area (TPSA) is 62.5 Å². The summed E-state index contributed by atoms with van der Waals surface area (Å²) in [7, 11) is 0. The van der Waals surface area contributed by atoms with Gasteiger partial charge >= 0.3 is 0 Å². The number of hydrogen-bond acceptors (Lipinski definition) is 3. The smallest absolute Gasteiger partial charge is 0.254 e. The second kappa shape index (κ2) is 5.62. The fourth-order valence-electron chi connectivity index (χ4n) is 1.62. The van der Waals surface area contributed by atoms with E-state index in [9.17, 15) is 18.7 Å². The summed E-state index contributed by atoms with van der Waals surface area (Å²) in [5.41, 5.74) is -0.198. The highest BCUT2D eigenvalue weighted by atomic mass is 19.1. The first-order valence-electron chi connectivity index (χ1n) is 5.52. The molecule has 2 N–H and O–H groups in total. The molecule has 0 fully saturated rings. The molecule has 0 spiro atoms. The van der Waals surface area contributed by atoms with Gasteiger partial charge in [-0.05, 0) is 18.2 Å². The lowest BCUT2D eigenvalue weighted by atomic mass is 10.1. The van der Waals surface area contributed by atoms with Crippen molar-refractivity contribution in [2.75, 3.05) is 6.54 Å². The van der Waals surface area contributed by atoms with Crippen LogP contribution in [0.3, 0.4) is 0 Å². The molecule has 4 nitrogen and oxygen atoms in total.